The maximum Gasteiger partial charge on any atom is 0.410 e. The van der Waals surface area contributed by atoms with Gasteiger partial charge in [-0.25, -0.2) is 14.6 Å². The predicted molar refractivity (Wildman–Crippen MR) is 83.0 cm³/mol. The third-order valence-corrected chi connectivity index (χ3v) is 4.13. The molecule has 0 saturated carbocycles. The number of thiazole rings is 1. The SMILES string of the molecule is CN1C(=O)OCC1/C=C/c1csc(CC(C)(C)NC(=O)O)n1. The van der Waals surface area contributed by atoms with Crippen LogP contribution in [0.3, 0.4) is 0 Å². The average molecular weight is 325 g/mol. The van der Waals surface area contributed by atoms with Gasteiger partial charge in [0.25, 0.3) is 0 Å². The molecule has 0 aliphatic carbocycles. The van der Waals surface area contributed by atoms with E-state index in [0.29, 0.717) is 13.0 Å². The molecular weight excluding hydrogens is 306 g/mol. The van der Waals surface area contributed by atoms with Crippen molar-refractivity contribution in [3.8, 4) is 0 Å². The van der Waals surface area contributed by atoms with Gasteiger partial charge < -0.3 is 20.1 Å². The number of nitrogens with zero attached hydrogens (tertiary/aromatic N) is 2. The number of likely N-dealkylation sites (N-methyl/N-ethyl adjacent to an activating group) is 1. The van der Waals surface area contributed by atoms with Crippen LogP contribution in [0.5, 0.6) is 0 Å². The molecule has 1 atom stereocenters. The zero-order valence-electron chi connectivity index (χ0n) is 12.7. The Labute approximate surface area is 132 Å². The molecule has 2 amide bonds. The van der Waals surface area contributed by atoms with E-state index in [-0.39, 0.29) is 12.1 Å². The van der Waals surface area contributed by atoms with Gasteiger partial charge in [-0.05, 0) is 19.9 Å². The normalized spacial score (nSPS) is 18.8. The highest BCUT2D eigenvalue weighted by Gasteiger charge is 2.27. The second-order valence-corrected chi connectivity index (χ2v) is 6.71. The third kappa shape index (κ3) is 4.20. The topological polar surface area (TPSA) is 91.8 Å². The third-order valence-electron chi connectivity index (χ3n) is 3.26. The minimum Gasteiger partial charge on any atom is -0.465 e. The van der Waals surface area contributed by atoms with Gasteiger partial charge in [0.1, 0.15) is 6.61 Å². The molecule has 1 aliphatic heterocycles. The fraction of sp³-hybridized carbons (Fsp3) is 0.500. The van der Waals surface area contributed by atoms with Crippen LogP contribution in [-0.4, -0.2) is 52.4 Å². The molecule has 0 spiro atoms. The molecule has 0 bridgehead atoms. The van der Waals surface area contributed by atoms with E-state index in [2.05, 4.69) is 10.3 Å². The molecule has 0 radical (unpaired) electrons. The lowest BCUT2D eigenvalue weighted by molar-refractivity contribution is 0.163. The van der Waals surface area contributed by atoms with Gasteiger partial charge in [-0.3, -0.25) is 0 Å². The number of carboxylic acid groups (broad SMARTS) is 1. The Balaban J connectivity index is 1.97. The number of amides is 2. The van der Waals surface area contributed by atoms with Gasteiger partial charge in [-0.15, -0.1) is 11.3 Å². The van der Waals surface area contributed by atoms with E-state index < -0.39 is 11.6 Å². The van der Waals surface area contributed by atoms with Crippen molar-refractivity contribution in [2.45, 2.75) is 31.8 Å². The molecule has 120 valence electrons. The second kappa shape index (κ2) is 6.35. The van der Waals surface area contributed by atoms with E-state index in [9.17, 15) is 9.59 Å². The van der Waals surface area contributed by atoms with Crippen LogP contribution in [0.25, 0.3) is 6.08 Å². The molecule has 7 nitrogen and oxygen atoms in total. The number of aromatic nitrogens is 1. The summed E-state index contributed by atoms with van der Waals surface area (Å²) in [5.41, 5.74) is 0.218. The Morgan fingerprint density at radius 1 is 1.68 bits per heavy atom. The Morgan fingerprint density at radius 2 is 2.41 bits per heavy atom. The Kier molecular flexibility index (Phi) is 4.70. The highest BCUT2D eigenvalue weighted by molar-refractivity contribution is 7.09. The lowest BCUT2D eigenvalue weighted by Crippen LogP contribution is -2.44. The predicted octanol–water partition coefficient (Wildman–Crippen LogP) is 2.20. The van der Waals surface area contributed by atoms with Crippen LogP contribution in [0.1, 0.15) is 24.5 Å². The van der Waals surface area contributed by atoms with Crippen LogP contribution in [0.15, 0.2) is 11.5 Å². The molecule has 22 heavy (non-hydrogen) atoms. The molecule has 2 heterocycles. The summed E-state index contributed by atoms with van der Waals surface area (Å²) in [6.45, 7) is 3.97. The number of rotatable bonds is 5. The summed E-state index contributed by atoms with van der Waals surface area (Å²) in [5.74, 6) is 0. The fourth-order valence-electron chi connectivity index (χ4n) is 2.09. The molecule has 1 saturated heterocycles. The van der Waals surface area contributed by atoms with Crippen molar-refractivity contribution in [3.05, 3.63) is 22.2 Å². The zero-order valence-corrected chi connectivity index (χ0v) is 13.5. The average Bonchev–Trinajstić information content (AvgIpc) is 2.94. The number of nitrogens with one attached hydrogen (secondary N) is 1. The number of ether oxygens (including phenoxy) is 1. The van der Waals surface area contributed by atoms with E-state index in [1.807, 2.05) is 31.4 Å². The molecule has 1 aromatic heterocycles. The van der Waals surface area contributed by atoms with Crippen LogP contribution in [-0.2, 0) is 11.2 Å². The van der Waals surface area contributed by atoms with Crippen LogP contribution >= 0.6 is 11.3 Å². The Morgan fingerprint density at radius 3 is 3.00 bits per heavy atom. The van der Waals surface area contributed by atoms with Crippen molar-refractivity contribution in [2.75, 3.05) is 13.7 Å². The Bertz CT molecular complexity index is 597. The van der Waals surface area contributed by atoms with Gasteiger partial charge in [0, 0.05) is 24.4 Å². The zero-order chi connectivity index (χ0) is 16.3. The van der Waals surface area contributed by atoms with E-state index in [1.54, 1.807) is 7.05 Å². The highest BCUT2D eigenvalue weighted by atomic mass is 32.1. The number of hydrogen-bond donors (Lipinski definition) is 2. The summed E-state index contributed by atoms with van der Waals surface area (Å²) in [7, 11) is 1.69. The maximum atomic E-state index is 11.2. The van der Waals surface area contributed by atoms with Gasteiger partial charge in [0.2, 0.25) is 0 Å². The van der Waals surface area contributed by atoms with Gasteiger partial charge in [-0.2, -0.15) is 0 Å². The lowest BCUT2D eigenvalue weighted by Gasteiger charge is -2.22. The lowest BCUT2D eigenvalue weighted by atomic mass is 10.0. The van der Waals surface area contributed by atoms with Crippen molar-refractivity contribution >= 4 is 29.6 Å². The monoisotopic (exact) mass is 325 g/mol. The molecule has 8 heteroatoms. The number of cyclic esters (lactones) is 1. The summed E-state index contributed by atoms with van der Waals surface area (Å²) >= 11 is 1.48. The first-order valence-corrected chi connectivity index (χ1v) is 7.68. The van der Waals surface area contributed by atoms with Gasteiger partial charge in [0.15, 0.2) is 0 Å². The van der Waals surface area contributed by atoms with E-state index in [1.165, 1.54) is 16.2 Å². The first-order valence-electron chi connectivity index (χ1n) is 6.80. The summed E-state index contributed by atoms with van der Waals surface area (Å²) in [6, 6.07) is -0.0808. The standard InChI is InChI=1S/C14H19N3O4S/c1-14(2,16-12(18)19)6-11-15-9(8-22-11)4-5-10-7-21-13(20)17(10)3/h4-5,8,10,16H,6-7H2,1-3H3,(H,18,19)/b5-4+. The van der Waals surface area contributed by atoms with Crippen LogP contribution in [0.4, 0.5) is 9.59 Å². The first kappa shape index (κ1) is 16.3. The van der Waals surface area contributed by atoms with E-state index in [0.717, 1.165) is 10.7 Å². The van der Waals surface area contributed by atoms with Crippen molar-refractivity contribution in [2.24, 2.45) is 0 Å². The summed E-state index contributed by atoms with van der Waals surface area (Å²) in [6.07, 6.45) is 2.87. The minimum absolute atomic E-state index is 0.0808. The van der Waals surface area contributed by atoms with Crippen molar-refractivity contribution in [1.82, 2.24) is 15.2 Å². The van der Waals surface area contributed by atoms with Crippen molar-refractivity contribution < 1.29 is 19.4 Å². The molecule has 2 N–H and O–H groups in total. The minimum atomic E-state index is -1.05. The van der Waals surface area contributed by atoms with E-state index in [4.69, 9.17) is 9.84 Å². The largest absolute Gasteiger partial charge is 0.465 e. The number of hydrogen-bond acceptors (Lipinski definition) is 5. The fourth-order valence-corrected chi connectivity index (χ4v) is 3.08. The van der Waals surface area contributed by atoms with Crippen molar-refractivity contribution in [3.63, 3.8) is 0 Å². The van der Waals surface area contributed by atoms with Crippen LogP contribution in [0, 0.1) is 0 Å². The molecule has 1 aromatic rings. The molecular formula is C14H19N3O4S. The molecule has 1 fully saturated rings. The van der Waals surface area contributed by atoms with E-state index >= 15 is 0 Å². The van der Waals surface area contributed by atoms with Gasteiger partial charge >= 0.3 is 12.2 Å². The smallest absolute Gasteiger partial charge is 0.410 e. The molecule has 1 unspecified atom stereocenters. The molecule has 2 rings (SSSR count). The van der Waals surface area contributed by atoms with Gasteiger partial charge in [-0.1, -0.05) is 6.08 Å². The molecule has 0 aromatic carbocycles. The van der Waals surface area contributed by atoms with Crippen LogP contribution < -0.4 is 5.32 Å². The number of carbonyl (C=O) groups excluding carboxylic acids is 1. The summed E-state index contributed by atoms with van der Waals surface area (Å²) in [5, 5.41) is 14.0. The Hall–Kier alpha value is -2.09. The summed E-state index contributed by atoms with van der Waals surface area (Å²) < 4.78 is 4.93. The first-order chi connectivity index (χ1) is 10.3. The maximum absolute atomic E-state index is 11.2. The van der Waals surface area contributed by atoms with Crippen molar-refractivity contribution in [1.29, 1.82) is 0 Å². The second-order valence-electron chi connectivity index (χ2n) is 5.77. The number of carbonyl (C=O) groups is 2. The quantitative estimate of drug-likeness (QED) is 0.866. The van der Waals surface area contributed by atoms with Crippen LogP contribution in [0.2, 0.25) is 0 Å². The highest BCUT2D eigenvalue weighted by Crippen LogP contribution is 2.19. The summed E-state index contributed by atoms with van der Waals surface area (Å²) in [4.78, 5) is 28.0. The van der Waals surface area contributed by atoms with Gasteiger partial charge in [0.05, 0.1) is 16.7 Å². The molecule has 1 aliphatic rings.